The SMILES string of the molecule is CC(N)(Cc1ccccc1)c1nc(-c2cccnn2)no1. The van der Waals surface area contributed by atoms with Gasteiger partial charge < -0.3 is 10.3 Å². The summed E-state index contributed by atoms with van der Waals surface area (Å²) >= 11 is 0. The van der Waals surface area contributed by atoms with Gasteiger partial charge in [-0.2, -0.15) is 10.1 Å². The summed E-state index contributed by atoms with van der Waals surface area (Å²) in [6.45, 7) is 1.87. The summed E-state index contributed by atoms with van der Waals surface area (Å²) in [5, 5.41) is 11.7. The van der Waals surface area contributed by atoms with Crippen LogP contribution >= 0.6 is 0 Å². The van der Waals surface area contributed by atoms with Gasteiger partial charge in [-0.1, -0.05) is 35.5 Å². The second-order valence-corrected chi connectivity index (χ2v) is 5.11. The van der Waals surface area contributed by atoms with Crippen molar-refractivity contribution in [2.24, 2.45) is 5.73 Å². The summed E-state index contributed by atoms with van der Waals surface area (Å²) in [6, 6.07) is 13.5. The van der Waals surface area contributed by atoms with Crippen LogP contribution in [-0.4, -0.2) is 20.3 Å². The summed E-state index contributed by atoms with van der Waals surface area (Å²) in [6.07, 6.45) is 2.20. The molecule has 2 heterocycles. The zero-order valence-electron chi connectivity index (χ0n) is 11.6. The van der Waals surface area contributed by atoms with Gasteiger partial charge in [0.15, 0.2) is 0 Å². The van der Waals surface area contributed by atoms with Crippen LogP contribution in [0.1, 0.15) is 18.4 Å². The van der Waals surface area contributed by atoms with Gasteiger partial charge in [-0.25, -0.2) is 0 Å². The van der Waals surface area contributed by atoms with Crippen molar-refractivity contribution in [1.82, 2.24) is 20.3 Å². The van der Waals surface area contributed by atoms with Crippen molar-refractivity contribution in [1.29, 1.82) is 0 Å². The van der Waals surface area contributed by atoms with Gasteiger partial charge in [0.2, 0.25) is 11.7 Å². The summed E-state index contributed by atoms with van der Waals surface area (Å²) in [4.78, 5) is 4.34. The van der Waals surface area contributed by atoms with Crippen LogP contribution in [0.4, 0.5) is 0 Å². The van der Waals surface area contributed by atoms with Crippen LogP contribution in [0.5, 0.6) is 0 Å². The number of benzene rings is 1. The third-order valence-corrected chi connectivity index (χ3v) is 3.13. The highest BCUT2D eigenvalue weighted by atomic mass is 16.5. The summed E-state index contributed by atoms with van der Waals surface area (Å²) in [7, 11) is 0. The van der Waals surface area contributed by atoms with Crippen LogP contribution in [0.15, 0.2) is 53.2 Å². The van der Waals surface area contributed by atoms with E-state index < -0.39 is 5.54 Å². The van der Waals surface area contributed by atoms with Gasteiger partial charge >= 0.3 is 0 Å². The third kappa shape index (κ3) is 2.95. The van der Waals surface area contributed by atoms with Gasteiger partial charge in [-0.3, -0.25) is 0 Å². The van der Waals surface area contributed by atoms with E-state index >= 15 is 0 Å². The minimum atomic E-state index is -0.741. The van der Waals surface area contributed by atoms with E-state index in [9.17, 15) is 0 Å². The zero-order valence-corrected chi connectivity index (χ0v) is 11.6. The van der Waals surface area contributed by atoms with Crippen molar-refractivity contribution in [2.45, 2.75) is 18.9 Å². The molecule has 2 N–H and O–H groups in total. The van der Waals surface area contributed by atoms with Crippen molar-refractivity contribution in [2.75, 3.05) is 0 Å². The molecule has 21 heavy (non-hydrogen) atoms. The summed E-state index contributed by atoms with van der Waals surface area (Å²) in [5.74, 6) is 0.773. The molecule has 1 unspecified atom stereocenters. The molecule has 0 aliphatic rings. The molecule has 3 rings (SSSR count). The van der Waals surface area contributed by atoms with Crippen molar-refractivity contribution >= 4 is 0 Å². The number of nitrogens with two attached hydrogens (primary N) is 1. The Bertz CT molecular complexity index is 709. The maximum absolute atomic E-state index is 6.33. The lowest BCUT2D eigenvalue weighted by molar-refractivity contribution is 0.296. The van der Waals surface area contributed by atoms with Gasteiger partial charge in [-0.15, -0.1) is 5.10 Å². The molecule has 0 spiro atoms. The van der Waals surface area contributed by atoms with Crippen LogP contribution < -0.4 is 5.73 Å². The monoisotopic (exact) mass is 281 g/mol. The van der Waals surface area contributed by atoms with E-state index in [1.165, 1.54) is 0 Å². The van der Waals surface area contributed by atoms with Crippen LogP contribution in [0.25, 0.3) is 11.5 Å². The molecule has 1 aromatic carbocycles. The molecule has 0 radical (unpaired) electrons. The predicted octanol–water partition coefficient (Wildman–Crippen LogP) is 1.94. The van der Waals surface area contributed by atoms with E-state index in [2.05, 4.69) is 20.3 Å². The molecule has 0 saturated carbocycles. The molecular weight excluding hydrogens is 266 g/mol. The fourth-order valence-corrected chi connectivity index (χ4v) is 2.08. The highest BCUT2D eigenvalue weighted by Gasteiger charge is 2.29. The Morgan fingerprint density at radius 1 is 1.14 bits per heavy atom. The molecular formula is C15H15N5O. The molecule has 106 valence electrons. The van der Waals surface area contributed by atoms with E-state index in [1.807, 2.05) is 37.3 Å². The fraction of sp³-hybridized carbons (Fsp3) is 0.200. The standard InChI is InChI=1S/C15H15N5O/c1-15(16,10-11-6-3-2-4-7-11)14-18-13(20-21-14)12-8-5-9-17-19-12/h2-9H,10,16H2,1H3. The molecule has 2 aromatic heterocycles. The van der Waals surface area contributed by atoms with Gasteiger partial charge in [0.1, 0.15) is 5.69 Å². The topological polar surface area (TPSA) is 90.7 Å². The smallest absolute Gasteiger partial charge is 0.247 e. The fourth-order valence-electron chi connectivity index (χ4n) is 2.08. The molecule has 6 nitrogen and oxygen atoms in total. The van der Waals surface area contributed by atoms with Gasteiger partial charge in [0, 0.05) is 6.20 Å². The van der Waals surface area contributed by atoms with E-state index in [0.717, 1.165) is 5.56 Å². The molecule has 1 atom stereocenters. The lowest BCUT2D eigenvalue weighted by Crippen LogP contribution is -2.35. The van der Waals surface area contributed by atoms with Crippen LogP contribution in [-0.2, 0) is 12.0 Å². The number of nitrogens with zero attached hydrogens (tertiary/aromatic N) is 4. The van der Waals surface area contributed by atoms with Gasteiger partial charge in [0.05, 0.1) is 5.54 Å². The van der Waals surface area contributed by atoms with Gasteiger partial charge in [0.25, 0.3) is 0 Å². The molecule has 0 saturated heterocycles. The highest BCUT2D eigenvalue weighted by molar-refractivity contribution is 5.46. The average molecular weight is 281 g/mol. The molecule has 0 fully saturated rings. The minimum absolute atomic E-state index is 0.381. The molecule has 0 aliphatic heterocycles. The summed E-state index contributed by atoms with van der Waals surface area (Å²) in [5.41, 5.74) is 7.26. The lowest BCUT2D eigenvalue weighted by atomic mass is 9.94. The highest BCUT2D eigenvalue weighted by Crippen LogP contribution is 2.23. The molecule has 0 amide bonds. The van der Waals surface area contributed by atoms with Crippen molar-refractivity contribution in [3.63, 3.8) is 0 Å². The van der Waals surface area contributed by atoms with Crippen molar-refractivity contribution < 1.29 is 4.52 Å². The third-order valence-electron chi connectivity index (χ3n) is 3.13. The Hall–Kier alpha value is -2.60. The van der Waals surface area contributed by atoms with E-state index in [4.69, 9.17) is 10.3 Å². The Morgan fingerprint density at radius 2 is 1.95 bits per heavy atom. The van der Waals surface area contributed by atoms with Crippen molar-refractivity contribution in [3.8, 4) is 11.5 Å². The molecule has 0 aliphatic carbocycles. The van der Waals surface area contributed by atoms with Crippen molar-refractivity contribution in [3.05, 3.63) is 60.1 Å². The zero-order chi connectivity index (χ0) is 14.7. The second-order valence-electron chi connectivity index (χ2n) is 5.11. The Balaban J connectivity index is 1.85. The average Bonchev–Trinajstić information content (AvgIpc) is 2.99. The first kappa shape index (κ1) is 13.4. The number of hydrogen-bond donors (Lipinski definition) is 1. The summed E-state index contributed by atoms with van der Waals surface area (Å²) < 4.78 is 5.30. The Kier molecular flexibility index (Phi) is 3.45. The first-order valence-corrected chi connectivity index (χ1v) is 6.60. The lowest BCUT2D eigenvalue weighted by Gasteiger charge is -2.19. The number of aromatic nitrogens is 4. The maximum Gasteiger partial charge on any atom is 0.247 e. The van der Waals surface area contributed by atoms with Crippen LogP contribution in [0, 0.1) is 0 Å². The molecule has 6 heteroatoms. The first-order chi connectivity index (χ1) is 10.1. The number of rotatable bonds is 4. The normalized spacial score (nSPS) is 13.8. The Labute approximate surface area is 122 Å². The Morgan fingerprint density at radius 3 is 2.67 bits per heavy atom. The van der Waals surface area contributed by atoms with Crippen LogP contribution in [0.2, 0.25) is 0 Å². The number of hydrogen-bond acceptors (Lipinski definition) is 6. The van der Waals surface area contributed by atoms with E-state index in [-0.39, 0.29) is 0 Å². The van der Waals surface area contributed by atoms with E-state index in [1.54, 1.807) is 18.3 Å². The van der Waals surface area contributed by atoms with Gasteiger partial charge in [-0.05, 0) is 31.0 Å². The molecule has 0 bridgehead atoms. The molecule has 3 aromatic rings. The van der Waals surface area contributed by atoms with E-state index in [0.29, 0.717) is 23.8 Å². The predicted molar refractivity (Wildman–Crippen MR) is 77.0 cm³/mol. The quantitative estimate of drug-likeness (QED) is 0.786. The largest absolute Gasteiger partial charge is 0.337 e. The van der Waals surface area contributed by atoms with Crippen LogP contribution in [0.3, 0.4) is 0 Å². The minimum Gasteiger partial charge on any atom is -0.337 e. The maximum atomic E-state index is 6.33. The second kappa shape index (κ2) is 5.41. The first-order valence-electron chi connectivity index (χ1n) is 6.60.